The number of rotatable bonds is 5. The third kappa shape index (κ3) is 4.82. The molecular formula is C23H19F5N4O2. The molecule has 2 aromatic heterocycles. The number of aromatic nitrogens is 3. The molecule has 6 nitrogen and oxygen atoms in total. The molecule has 0 N–H and O–H groups in total. The van der Waals surface area contributed by atoms with Crippen LogP contribution in [0.1, 0.15) is 27.9 Å². The van der Waals surface area contributed by atoms with E-state index < -0.39 is 42.6 Å². The lowest BCUT2D eigenvalue weighted by molar-refractivity contribution is -0.137. The van der Waals surface area contributed by atoms with Crippen LogP contribution in [0.25, 0.3) is 11.4 Å². The van der Waals surface area contributed by atoms with Gasteiger partial charge in [-0.3, -0.25) is 4.79 Å². The van der Waals surface area contributed by atoms with Crippen LogP contribution in [0.2, 0.25) is 0 Å². The molecule has 1 amide bonds. The summed E-state index contributed by atoms with van der Waals surface area (Å²) in [4.78, 5) is 26.3. The van der Waals surface area contributed by atoms with E-state index in [1.165, 1.54) is 12.4 Å². The maximum atomic E-state index is 14.7. The first-order valence-electron chi connectivity index (χ1n) is 10.3. The van der Waals surface area contributed by atoms with Gasteiger partial charge in [0.25, 0.3) is 11.8 Å². The number of nitrogens with zero attached hydrogens (tertiary/aromatic N) is 4. The van der Waals surface area contributed by atoms with Crippen molar-refractivity contribution in [2.75, 3.05) is 13.2 Å². The summed E-state index contributed by atoms with van der Waals surface area (Å²) in [5, 5.41) is 0. The minimum Gasteiger partial charge on any atom is -0.475 e. The summed E-state index contributed by atoms with van der Waals surface area (Å²) in [7, 11) is 0. The zero-order valence-electron chi connectivity index (χ0n) is 17.9. The monoisotopic (exact) mass is 478 g/mol. The van der Waals surface area contributed by atoms with Gasteiger partial charge in [-0.05, 0) is 25.1 Å². The molecule has 0 saturated carbocycles. The topological polar surface area (TPSA) is 68.2 Å². The molecule has 1 unspecified atom stereocenters. The summed E-state index contributed by atoms with van der Waals surface area (Å²) in [6, 6.07) is 6.68. The number of likely N-dealkylation sites (tertiary alicyclic amines) is 1. The predicted molar refractivity (Wildman–Crippen MR) is 111 cm³/mol. The maximum absolute atomic E-state index is 14.7. The number of hydrogen-bond donors (Lipinski definition) is 0. The lowest BCUT2D eigenvalue weighted by atomic mass is 10.0. The van der Waals surface area contributed by atoms with Crippen LogP contribution in [0, 0.1) is 6.92 Å². The smallest absolute Gasteiger partial charge is 0.417 e. The van der Waals surface area contributed by atoms with E-state index in [4.69, 9.17) is 4.74 Å². The highest BCUT2D eigenvalue weighted by molar-refractivity contribution is 6.00. The van der Waals surface area contributed by atoms with Crippen molar-refractivity contribution < 1.29 is 31.5 Å². The van der Waals surface area contributed by atoms with Gasteiger partial charge in [-0.1, -0.05) is 17.7 Å². The lowest BCUT2D eigenvalue weighted by Gasteiger charge is -2.28. The number of halogens is 5. The second kappa shape index (κ2) is 8.96. The Morgan fingerprint density at radius 2 is 1.88 bits per heavy atom. The van der Waals surface area contributed by atoms with Crippen molar-refractivity contribution in [2.24, 2.45) is 0 Å². The van der Waals surface area contributed by atoms with E-state index >= 15 is 0 Å². The van der Waals surface area contributed by atoms with Gasteiger partial charge in [0.05, 0.1) is 11.1 Å². The molecule has 1 aromatic carbocycles. The number of carbonyl (C=O) groups is 1. The SMILES string of the molecule is Cc1ccc(-c2ncccn2)c(C(=O)N2CCC(F)(F)C2COc2ccc(C(F)(F)F)cn2)c1. The summed E-state index contributed by atoms with van der Waals surface area (Å²) in [6.45, 7) is 0.908. The molecule has 3 aromatic rings. The molecule has 11 heteroatoms. The number of carbonyl (C=O) groups excluding carboxylic acids is 1. The third-order valence-electron chi connectivity index (χ3n) is 5.48. The maximum Gasteiger partial charge on any atom is 0.417 e. The lowest BCUT2D eigenvalue weighted by Crippen LogP contribution is -2.46. The average Bonchev–Trinajstić information content (AvgIpc) is 3.11. The molecule has 1 aliphatic heterocycles. The molecular weight excluding hydrogens is 459 g/mol. The average molecular weight is 478 g/mol. The minimum absolute atomic E-state index is 0.168. The van der Waals surface area contributed by atoms with Crippen LogP contribution >= 0.6 is 0 Å². The predicted octanol–water partition coefficient (Wildman–Crippen LogP) is 4.79. The molecule has 34 heavy (non-hydrogen) atoms. The number of aryl methyl sites for hydroxylation is 1. The van der Waals surface area contributed by atoms with E-state index in [0.29, 0.717) is 11.8 Å². The van der Waals surface area contributed by atoms with Crippen molar-refractivity contribution in [1.82, 2.24) is 19.9 Å². The largest absolute Gasteiger partial charge is 0.475 e. The van der Waals surface area contributed by atoms with Crippen molar-refractivity contribution in [2.45, 2.75) is 31.5 Å². The molecule has 0 spiro atoms. The van der Waals surface area contributed by atoms with Gasteiger partial charge in [-0.15, -0.1) is 0 Å². The van der Waals surface area contributed by atoms with Crippen LogP contribution < -0.4 is 4.74 Å². The van der Waals surface area contributed by atoms with Crippen molar-refractivity contribution in [3.05, 3.63) is 71.7 Å². The van der Waals surface area contributed by atoms with Gasteiger partial charge >= 0.3 is 6.18 Å². The first-order chi connectivity index (χ1) is 16.1. The molecule has 1 atom stereocenters. The molecule has 1 aliphatic rings. The summed E-state index contributed by atoms with van der Waals surface area (Å²) in [6.07, 6.45) is -1.58. The summed E-state index contributed by atoms with van der Waals surface area (Å²) < 4.78 is 72.8. The van der Waals surface area contributed by atoms with Crippen LogP contribution in [0.4, 0.5) is 22.0 Å². The fourth-order valence-corrected chi connectivity index (χ4v) is 3.70. The number of ether oxygens (including phenoxy) is 1. The van der Waals surface area contributed by atoms with Crippen molar-refractivity contribution >= 4 is 5.91 Å². The zero-order valence-corrected chi connectivity index (χ0v) is 17.9. The molecule has 0 bridgehead atoms. The summed E-state index contributed by atoms with van der Waals surface area (Å²) >= 11 is 0. The van der Waals surface area contributed by atoms with E-state index in [1.54, 1.807) is 31.2 Å². The van der Waals surface area contributed by atoms with E-state index in [1.807, 2.05) is 0 Å². The number of hydrogen-bond acceptors (Lipinski definition) is 5. The highest BCUT2D eigenvalue weighted by Crippen LogP contribution is 2.36. The Bertz CT molecular complexity index is 1170. The number of benzene rings is 1. The Balaban J connectivity index is 1.58. The fourth-order valence-electron chi connectivity index (χ4n) is 3.70. The van der Waals surface area contributed by atoms with Crippen molar-refractivity contribution in [3.8, 4) is 17.3 Å². The number of pyridine rings is 1. The van der Waals surface area contributed by atoms with Gasteiger partial charge in [0, 0.05) is 43.2 Å². The second-order valence-electron chi connectivity index (χ2n) is 7.84. The van der Waals surface area contributed by atoms with Gasteiger partial charge in [0.2, 0.25) is 5.88 Å². The first kappa shape index (κ1) is 23.5. The van der Waals surface area contributed by atoms with Gasteiger partial charge in [-0.2, -0.15) is 13.2 Å². The molecule has 1 fully saturated rings. The Morgan fingerprint density at radius 1 is 1.15 bits per heavy atom. The number of amides is 1. The van der Waals surface area contributed by atoms with Gasteiger partial charge in [-0.25, -0.2) is 23.7 Å². The quantitative estimate of drug-likeness (QED) is 0.493. The van der Waals surface area contributed by atoms with Crippen LogP contribution in [0.5, 0.6) is 5.88 Å². The van der Waals surface area contributed by atoms with Crippen LogP contribution in [-0.2, 0) is 6.18 Å². The van der Waals surface area contributed by atoms with E-state index in [9.17, 15) is 26.7 Å². The highest BCUT2D eigenvalue weighted by Gasteiger charge is 2.51. The molecule has 0 radical (unpaired) electrons. The number of alkyl halides is 5. The van der Waals surface area contributed by atoms with Crippen molar-refractivity contribution in [3.63, 3.8) is 0 Å². The molecule has 1 saturated heterocycles. The first-order valence-corrected chi connectivity index (χ1v) is 10.3. The Morgan fingerprint density at radius 3 is 2.53 bits per heavy atom. The molecule has 3 heterocycles. The van der Waals surface area contributed by atoms with Gasteiger partial charge in [0.15, 0.2) is 5.82 Å². The minimum atomic E-state index is -4.58. The highest BCUT2D eigenvalue weighted by atomic mass is 19.4. The van der Waals surface area contributed by atoms with Crippen LogP contribution in [0.3, 0.4) is 0 Å². The van der Waals surface area contributed by atoms with Gasteiger partial charge < -0.3 is 9.64 Å². The summed E-state index contributed by atoms with van der Waals surface area (Å²) in [5.74, 6) is -3.87. The summed E-state index contributed by atoms with van der Waals surface area (Å²) in [5.41, 5.74) is 0.325. The molecule has 4 rings (SSSR count). The van der Waals surface area contributed by atoms with Crippen LogP contribution in [-0.4, -0.2) is 50.9 Å². The Hall–Kier alpha value is -3.63. The zero-order chi connectivity index (χ0) is 24.5. The normalized spacial score (nSPS) is 17.6. The van der Waals surface area contributed by atoms with E-state index in [0.717, 1.165) is 22.6 Å². The second-order valence-corrected chi connectivity index (χ2v) is 7.84. The van der Waals surface area contributed by atoms with E-state index in [2.05, 4.69) is 15.0 Å². The van der Waals surface area contributed by atoms with Gasteiger partial charge in [0.1, 0.15) is 12.6 Å². The Kier molecular flexibility index (Phi) is 6.20. The van der Waals surface area contributed by atoms with Crippen LogP contribution in [0.15, 0.2) is 55.0 Å². The van der Waals surface area contributed by atoms with Crippen molar-refractivity contribution in [1.29, 1.82) is 0 Å². The standard InChI is InChI=1S/C23H19F5N4O2/c1-14-3-5-16(20-29-8-2-9-30-20)17(11-14)21(33)32-10-7-22(24,25)18(32)13-34-19-6-4-15(12-31-19)23(26,27)28/h2-6,8-9,11-12,18H,7,10,13H2,1H3. The molecule has 0 aliphatic carbocycles. The fraction of sp³-hybridized carbons (Fsp3) is 0.304. The van der Waals surface area contributed by atoms with E-state index in [-0.39, 0.29) is 23.8 Å². The Labute approximate surface area is 191 Å². The third-order valence-corrected chi connectivity index (χ3v) is 5.48. The molecule has 178 valence electrons.